The van der Waals surface area contributed by atoms with Crippen LogP contribution in [0, 0.1) is 29.0 Å². The van der Waals surface area contributed by atoms with Crippen LogP contribution >= 0.6 is 11.6 Å². The van der Waals surface area contributed by atoms with Crippen molar-refractivity contribution in [2.75, 3.05) is 10.6 Å². The molecule has 4 bridgehead atoms. The molecule has 0 unspecified atom stereocenters. The van der Waals surface area contributed by atoms with E-state index in [4.69, 9.17) is 11.6 Å². The molecule has 2 amide bonds. The van der Waals surface area contributed by atoms with Gasteiger partial charge in [-0.3, -0.25) is 9.59 Å². The van der Waals surface area contributed by atoms with E-state index >= 15 is 0 Å². The Morgan fingerprint density at radius 3 is 2.17 bits per heavy atom. The van der Waals surface area contributed by atoms with Gasteiger partial charge in [-0.25, -0.2) is 4.39 Å². The van der Waals surface area contributed by atoms with Crippen LogP contribution in [0.4, 0.5) is 15.8 Å². The maximum Gasteiger partial charge on any atom is 0.255 e. The van der Waals surface area contributed by atoms with Gasteiger partial charge in [0.1, 0.15) is 5.82 Å². The van der Waals surface area contributed by atoms with Crippen LogP contribution in [-0.4, -0.2) is 11.8 Å². The summed E-state index contributed by atoms with van der Waals surface area (Å²) in [5, 5.41) is 5.75. The number of hydrogen-bond acceptors (Lipinski definition) is 2. The van der Waals surface area contributed by atoms with Gasteiger partial charge in [0.25, 0.3) is 5.91 Å². The summed E-state index contributed by atoms with van der Waals surface area (Å²) in [6.45, 7) is 0. The number of carbonyl (C=O) groups is 2. The van der Waals surface area contributed by atoms with Crippen molar-refractivity contribution in [1.82, 2.24) is 0 Å². The Kier molecular flexibility index (Phi) is 4.81. The summed E-state index contributed by atoms with van der Waals surface area (Å²) in [6, 6.07) is 11.0. The molecule has 156 valence electrons. The molecule has 0 saturated heterocycles. The van der Waals surface area contributed by atoms with E-state index in [1.807, 2.05) is 6.07 Å². The molecule has 0 aromatic heterocycles. The van der Waals surface area contributed by atoms with Crippen molar-refractivity contribution < 1.29 is 14.0 Å². The van der Waals surface area contributed by atoms with Gasteiger partial charge < -0.3 is 10.6 Å². The molecule has 0 spiro atoms. The zero-order valence-electron chi connectivity index (χ0n) is 16.6. The van der Waals surface area contributed by atoms with Crippen LogP contribution in [0.15, 0.2) is 42.5 Å². The molecule has 30 heavy (non-hydrogen) atoms. The highest BCUT2D eigenvalue weighted by molar-refractivity contribution is 6.31. The normalized spacial score (nSPS) is 28.9. The van der Waals surface area contributed by atoms with Gasteiger partial charge in [0.05, 0.1) is 10.4 Å². The van der Waals surface area contributed by atoms with E-state index in [9.17, 15) is 14.0 Å². The Labute approximate surface area is 180 Å². The summed E-state index contributed by atoms with van der Waals surface area (Å²) in [5.41, 5.74) is 1.21. The Hall–Kier alpha value is -2.40. The Bertz CT molecular complexity index is 987. The van der Waals surface area contributed by atoms with E-state index in [0.29, 0.717) is 34.7 Å². The molecule has 0 aliphatic heterocycles. The first-order valence-corrected chi connectivity index (χ1v) is 11.0. The first-order chi connectivity index (χ1) is 14.4. The van der Waals surface area contributed by atoms with Crippen molar-refractivity contribution >= 4 is 34.8 Å². The van der Waals surface area contributed by atoms with Gasteiger partial charge in [0.15, 0.2) is 0 Å². The van der Waals surface area contributed by atoms with Gasteiger partial charge in [-0.15, -0.1) is 0 Å². The second-order valence-corrected chi connectivity index (χ2v) is 9.72. The molecule has 4 nitrogen and oxygen atoms in total. The molecular formula is C24H24ClFN2O2. The monoisotopic (exact) mass is 426 g/mol. The summed E-state index contributed by atoms with van der Waals surface area (Å²) in [6.07, 6.45) is 6.85. The van der Waals surface area contributed by atoms with Gasteiger partial charge in [-0.05, 0) is 92.7 Å². The van der Waals surface area contributed by atoms with E-state index < -0.39 is 5.82 Å². The minimum Gasteiger partial charge on any atom is -0.326 e. The van der Waals surface area contributed by atoms with Crippen LogP contribution in [0.5, 0.6) is 0 Å². The largest absolute Gasteiger partial charge is 0.326 e. The lowest BCUT2D eigenvalue weighted by molar-refractivity contribution is -0.140. The maximum absolute atomic E-state index is 13.3. The second kappa shape index (κ2) is 7.38. The van der Waals surface area contributed by atoms with Crippen LogP contribution in [0.2, 0.25) is 5.02 Å². The number of hydrogen-bond donors (Lipinski definition) is 2. The van der Waals surface area contributed by atoms with Crippen molar-refractivity contribution in [1.29, 1.82) is 0 Å². The van der Waals surface area contributed by atoms with E-state index in [0.717, 1.165) is 19.3 Å². The Morgan fingerprint density at radius 1 is 0.900 bits per heavy atom. The minimum absolute atomic E-state index is 0.0515. The SMILES string of the molecule is O=C(Nc1ccc(F)c(Cl)c1)c1cccc(NC(=O)C23CC4CC(CC(C4)C2)C3)c1. The first-order valence-electron chi connectivity index (χ1n) is 10.6. The number of benzene rings is 2. The topological polar surface area (TPSA) is 58.2 Å². The molecular weight excluding hydrogens is 403 g/mol. The molecule has 0 atom stereocenters. The van der Waals surface area contributed by atoms with Crippen LogP contribution in [0.3, 0.4) is 0 Å². The van der Waals surface area contributed by atoms with Crippen LogP contribution in [-0.2, 0) is 4.79 Å². The Morgan fingerprint density at radius 2 is 1.53 bits per heavy atom. The average molecular weight is 427 g/mol. The summed E-state index contributed by atoms with van der Waals surface area (Å²) in [5.74, 6) is 1.31. The number of rotatable bonds is 4. The lowest BCUT2D eigenvalue weighted by Crippen LogP contribution is -2.51. The van der Waals surface area contributed by atoms with Crippen LogP contribution in [0.25, 0.3) is 0 Å². The standard InChI is InChI=1S/C24H24ClFN2O2/c25-20-10-19(4-5-21(20)26)27-22(29)17-2-1-3-18(9-17)28-23(30)24-11-14-6-15(12-24)8-16(7-14)13-24/h1-5,9-10,14-16H,6-8,11-13H2,(H,27,29)(H,28,30). The number of anilines is 2. The van der Waals surface area contributed by atoms with Crippen molar-refractivity contribution in [3.05, 3.63) is 58.9 Å². The smallest absolute Gasteiger partial charge is 0.255 e. The summed E-state index contributed by atoms with van der Waals surface area (Å²) in [4.78, 5) is 25.9. The highest BCUT2D eigenvalue weighted by Gasteiger charge is 2.54. The predicted octanol–water partition coefficient (Wildman–Crippen LogP) is 5.89. The molecule has 2 N–H and O–H groups in total. The molecule has 4 aliphatic rings. The molecule has 4 aliphatic carbocycles. The van der Waals surface area contributed by atoms with E-state index in [1.165, 1.54) is 37.5 Å². The third-order valence-electron chi connectivity index (χ3n) is 7.08. The van der Waals surface area contributed by atoms with E-state index in [2.05, 4.69) is 10.6 Å². The number of nitrogens with one attached hydrogen (secondary N) is 2. The number of halogens is 2. The highest BCUT2D eigenvalue weighted by Crippen LogP contribution is 2.60. The molecule has 6 heteroatoms. The highest BCUT2D eigenvalue weighted by atomic mass is 35.5. The molecule has 2 aromatic rings. The van der Waals surface area contributed by atoms with Crippen molar-refractivity contribution in [2.45, 2.75) is 38.5 Å². The first kappa shape index (κ1) is 19.6. The zero-order valence-corrected chi connectivity index (χ0v) is 17.3. The summed E-state index contributed by atoms with van der Waals surface area (Å²) >= 11 is 5.78. The molecule has 4 fully saturated rings. The predicted molar refractivity (Wildman–Crippen MR) is 115 cm³/mol. The van der Waals surface area contributed by atoms with Gasteiger partial charge in [-0.2, -0.15) is 0 Å². The van der Waals surface area contributed by atoms with Gasteiger partial charge in [-0.1, -0.05) is 17.7 Å². The number of amides is 2. The maximum atomic E-state index is 13.3. The zero-order chi connectivity index (χ0) is 20.9. The fourth-order valence-electron chi connectivity index (χ4n) is 6.17. The fraction of sp³-hybridized carbons (Fsp3) is 0.417. The summed E-state index contributed by atoms with van der Waals surface area (Å²) < 4.78 is 13.3. The third kappa shape index (κ3) is 3.60. The fourth-order valence-corrected chi connectivity index (χ4v) is 6.35. The molecule has 0 radical (unpaired) electrons. The van der Waals surface area contributed by atoms with E-state index in [-0.39, 0.29) is 22.3 Å². The van der Waals surface area contributed by atoms with Crippen molar-refractivity contribution in [3.63, 3.8) is 0 Å². The van der Waals surface area contributed by atoms with Crippen molar-refractivity contribution in [2.24, 2.45) is 23.2 Å². The van der Waals surface area contributed by atoms with Gasteiger partial charge in [0, 0.05) is 16.9 Å². The van der Waals surface area contributed by atoms with Crippen molar-refractivity contribution in [3.8, 4) is 0 Å². The molecule has 4 saturated carbocycles. The summed E-state index contributed by atoms with van der Waals surface area (Å²) in [7, 11) is 0. The Balaban J connectivity index is 1.29. The third-order valence-corrected chi connectivity index (χ3v) is 7.37. The lowest BCUT2D eigenvalue weighted by atomic mass is 9.49. The van der Waals surface area contributed by atoms with E-state index in [1.54, 1.807) is 18.2 Å². The van der Waals surface area contributed by atoms with Crippen LogP contribution in [0.1, 0.15) is 48.9 Å². The van der Waals surface area contributed by atoms with Crippen LogP contribution < -0.4 is 10.6 Å². The lowest BCUT2D eigenvalue weighted by Gasteiger charge is -2.55. The van der Waals surface area contributed by atoms with Gasteiger partial charge in [0.2, 0.25) is 5.91 Å². The molecule has 6 rings (SSSR count). The average Bonchev–Trinajstić information content (AvgIpc) is 2.70. The molecule has 2 aromatic carbocycles. The minimum atomic E-state index is -0.538. The van der Waals surface area contributed by atoms with Gasteiger partial charge >= 0.3 is 0 Å². The second-order valence-electron chi connectivity index (χ2n) is 9.32. The number of carbonyl (C=O) groups excluding carboxylic acids is 2. The molecule has 0 heterocycles. The quantitative estimate of drug-likeness (QED) is 0.640.